The predicted molar refractivity (Wildman–Crippen MR) is 337 cm³/mol. The van der Waals surface area contributed by atoms with E-state index in [1.165, 1.54) is 31.2 Å². The number of carbonyl (C=O) groups is 6. The average Bonchev–Trinajstić information content (AvgIpc) is 1.38. The molecule has 0 radical (unpaired) electrons. The van der Waals surface area contributed by atoms with Gasteiger partial charge in [0.2, 0.25) is 11.8 Å². The molecule has 4 aliphatic carbocycles. The molecule has 8 rings (SSSR count). The van der Waals surface area contributed by atoms with Crippen molar-refractivity contribution in [1.82, 2.24) is 10.2 Å². The van der Waals surface area contributed by atoms with Crippen molar-refractivity contribution in [3.63, 3.8) is 0 Å². The lowest BCUT2D eigenvalue weighted by Crippen LogP contribution is -2.70. The van der Waals surface area contributed by atoms with Gasteiger partial charge in [-0.1, -0.05) is 25.1 Å². The van der Waals surface area contributed by atoms with E-state index < -0.39 is 88.6 Å². The van der Waals surface area contributed by atoms with Crippen molar-refractivity contribution in [3.8, 4) is 11.5 Å². The van der Waals surface area contributed by atoms with Crippen LogP contribution in [-0.2, 0) is 95.1 Å². The number of benzene rings is 2. The first kappa shape index (κ1) is 75.9. The Morgan fingerprint density at radius 3 is 1.53 bits per heavy atom. The van der Waals surface area contributed by atoms with Crippen LogP contribution in [-0.4, -0.2) is 258 Å². The van der Waals surface area contributed by atoms with Gasteiger partial charge < -0.3 is 91.9 Å². The quantitative estimate of drug-likeness (QED) is 0.0536. The Morgan fingerprint density at radius 1 is 0.594 bits per heavy atom. The minimum Gasteiger partial charge on any atom is -0.457 e. The highest BCUT2D eigenvalue weighted by molar-refractivity contribution is 6.13. The highest BCUT2D eigenvalue weighted by Gasteiger charge is 2.80. The molecule has 0 bridgehead atoms. The van der Waals surface area contributed by atoms with Gasteiger partial charge in [-0.25, -0.2) is 8.78 Å². The first-order valence-electron chi connectivity index (χ1n) is 32.9. The molecule has 0 spiro atoms. The second-order valence-corrected chi connectivity index (χ2v) is 24.1. The van der Waals surface area contributed by atoms with Gasteiger partial charge in [-0.3, -0.25) is 33.7 Å². The van der Waals surface area contributed by atoms with Crippen molar-refractivity contribution in [2.75, 3.05) is 184 Å². The van der Waals surface area contributed by atoms with Gasteiger partial charge in [0.25, 0.3) is 11.8 Å². The fourth-order valence-corrected chi connectivity index (χ4v) is 13.3. The summed E-state index contributed by atoms with van der Waals surface area (Å²) in [5.41, 5.74) is -5.84. The van der Waals surface area contributed by atoms with Crippen LogP contribution in [0.4, 0.5) is 14.5 Å². The number of rotatable bonds is 48. The summed E-state index contributed by atoms with van der Waals surface area (Å²) in [6.07, 6.45) is 0.564. The van der Waals surface area contributed by atoms with Gasteiger partial charge in [-0.05, 0) is 86.2 Å². The van der Waals surface area contributed by atoms with Gasteiger partial charge >= 0.3 is 0 Å². The Bertz CT molecular complexity index is 2890. The predicted octanol–water partition coefficient (Wildman–Crippen LogP) is 4.08. The summed E-state index contributed by atoms with van der Waals surface area (Å²) in [6, 6.07) is 13.7. The van der Waals surface area contributed by atoms with Crippen LogP contribution in [0.5, 0.6) is 11.5 Å². The number of ketones is 2. The van der Waals surface area contributed by atoms with Gasteiger partial charge in [0.05, 0.1) is 177 Å². The smallest absolute Gasteiger partial charge is 0.253 e. The summed E-state index contributed by atoms with van der Waals surface area (Å²) in [5.74, 6) is -3.17. The zero-order valence-corrected chi connectivity index (χ0v) is 54.8. The molecule has 2 aromatic rings. The highest BCUT2D eigenvalue weighted by Crippen LogP contribution is 2.72. The third kappa shape index (κ3) is 20.2. The number of halogens is 2. The summed E-state index contributed by atoms with van der Waals surface area (Å²) >= 11 is 0. The lowest BCUT2D eigenvalue weighted by Gasteiger charge is -2.63. The zero-order chi connectivity index (χ0) is 68.2. The highest BCUT2D eigenvalue weighted by atomic mass is 19.1. The number of hydrogen-bond donors (Lipinski definition) is 4. The number of anilines is 1. The van der Waals surface area contributed by atoms with Crippen LogP contribution < -0.4 is 15.4 Å². The summed E-state index contributed by atoms with van der Waals surface area (Å²) in [6.45, 7) is 12.3. The topological polar surface area (TPSA) is 309 Å². The lowest BCUT2D eigenvalue weighted by molar-refractivity contribution is -0.235. The Balaban J connectivity index is 0.543. The fraction of sp³-hybridized carbons (Fsp3) is 0.647. The van der Waals surface area contributed by atoms with Crippen molar-refractivity contribution in [2.24, 2.45) is 22.7 Å². The Kier molecular flexibility index (Phi) is 30.4. The normalized spacial score (nSPS) is 26.4. The minimum atomic E-state index is -2.35. The molecule has 4 fully saturated rings. The van der Waals surface area contributed by atoms with Crippen LogP contribution >= 0.6 is 0 Å². The number of aliphatic hydroxyl groups excluding tert-OH is 2. The molecule has 532 valence electrons. The van der Waals surface area contributed by atoms with Crippen LogP contribution in [0, 0.1) is 22.7 Å². The Morgan fingerprint density at radius 2 is 1.05 bits per heavy atom. The van der Waals surface area contributed by atoms with Gasteiger partial charge in [0.15, 0.2) is 29.1 Å². The number of carbonyl (C=O) groups excluding carboxylic acids is 6. The maximum atomic E-state index is 17.8. The SMILES string of the molecule is C[C@]12C=CC(=O)C=C1[C@@H](F)C[C@H]1[C@@H]3C[C@H]4O[C@@H](c5ccc(Oc6ccc(NC(=O)CCOCCOCCOCCOCCOCCOCCOCCOCCOCCOCCOCCOCCNC(=O)CCN7C(=O)C=CC7=O)cc6)cc5)O[C@@]4(C(=O)CO)[C@@]3(C)C[C@H](O)[C@@]12F. The third-order valence-corrected chi connectivity index (χ3v) is 18.1. The van der Waals surface area contributed by atoms with Gasteiger partial charge in [-0.15, -0.1) is 0 Å². The number of amides is 4. The molecule has 4 N–H and O–H groups in total. The average molecular weight is 1360 g/mol. The molecule has 2 heterocycles. The van der Waals surface area contributed by atoms with E-state index in [0.717, 1.165) is 11.0 Å². The van der Waals surface area contributed by atoms with Crippen molar-refractivity contribution in [3.05, 3.63) is 90.0 Å². The number of imide groups is 1. The van der Waals surface area contributed by atoms with E-state index >= 15 is 8.78 Å². The summed E-state index contributed by atoms with van der Waals surface area (Å²) < 4.78 is 119. The molecule has 96 heavy (non-hydrogen) atoms. The minimum absolute atomic E-state index is 0.00337. The summed E-state index contributed by atoms with van der Waals surface area (Å²) in [5, 5.41) is 27.6. The molecule has 4 amide bonds. The van der Waals surface area contributed by atoms with E-state index in [-0.39, 0.29) is 62.6 Å². The van der Waals surface area contributed by atoms with Crippen molar-refractivity contribution >= 4 is 40.9 Å². The number of aliphatic hydroxyl groups is 2. The molecular weight excluding hydrogens is 1260 g/mol. The van der Waals surface area contributed by atoms with Crippen LogP contribution in [0.3, 0.4) is 0 Å². The van der Waals surface area contributed by atoms with Crippen LogP contribution in [0.1, 0.15) is 57.8 Å². The van der Waals surface area contributed by atoms with Gasteiger partial charge in [-0.2, -0.15) is 0 Å². The number of nitrogens with zero attached hydrogens (tertiary/aromatic N) is 1. The maximum Gasteiger partial charge on any atom is 0.253 e. The van der Waals surface area contributed by atoms with Crippen LogP contribution in [0.2, 0.25) is 0 Å². The van der Waals surface area contributed by atoms with E-state index in [9.17, 15) is 39.0 Å². The molecule has 0 aromatic heterocycles. The number of fused-ring (bicyclic) bond motifs is 7. The van der Waals surface area contributed by atoms with Crippen LogP contribution in [0.25, 0.3) is 0 Å². The second-order valence-electron chi connectivity index (χ2n) is 24.1. The van der Waals surface area contributed by atoms with E-state index in [0.29, 0.717) is 181 Å². The monoisotopic (exact) mass is 1360 g/mol. The van der Waals surface area contributed by atoms with Crippen molar-refractivity contribution < 1.29 is 119 Å². The molecular formula is C68H93F2N3O23. The van der Waals surface area contributed by atoms with Gasteiger partial charge in [0.1, 0.15) is 24.3 Å². The third-order valence-electron chi connectivity index (χ3n) is 18.1. The molecule has 26 nitrogen and oxygen atoms in total. The molecule has 1 saturated heterocycles. The number of Topliss-reactive ketones (excluding diaryl/α,β-unsaturated/α-hetero) is 1. The van der Waals surface area contributed by atoms with Gasteiger partial charge in [0, 0.05) is 59.7 Å². The summed E-state index contributed by atoms with van der Waals surface area (Å²) in [4.78, 5) is 74.7. The maximum absolute atomic E-state index is 17.8. The number of nitrogens with one attached hydrogen (secondary N) is 2. The number of alkyl halides is 2. The number of allylic oxidation sites excluding steroid dienone is 4. The first-order valence-corrected chi connectivity index (χ1v) is 32.9. The molecule has 10 atom stereocenters. The Labute approximate surface area is 557 Å². The lowest BCUT2D eigenvalue weighted by atomic mass is 9.44. The van der Waals surface area contributed by atoms with Crippen molar-refractivity contribution in [2.45, 2.75) is 81.9 Å². The van der Waals surface area contributed by atoms with E-state index in [1.54, 1.807) is 55.5 Å². The zero-order valence-electron chi connectivity index (χ0n) is 54.8. The number of hydrogen-bond acceptors (Lipinski definition) is 23. The summed E-state index contributed by atoms with van der Waals surface area (Å²) in [7, 11) is 0. The largest absolute Gasteiger partial charge is 0.457 e. The molecule has 6 aliphatic rings. The van der Waals surface area contributed by atoms with Crippen molar-refractivity contribution in [1.29, 1.82) is 0 Å². The molecule has 28 heteroatoms. The molecule has 3 saturated carbocycles. The molecule has 2 aliphatic heterocycles. The first-order chi connectivity index (χ1) is 46.5. The van der Waals surface area contributed by atoms with E-state index in [4.69, 9.17) is 71.1 Å². The molecule has 2 aromatic carbocycles. The Hall–Kier alpha value is -5.90. The van der Waals surface area contributed by atoms with E-state index in [1.807, 2.05) is 0 Å². The van der Waals surface area contributed by atoms with Crippen LogP contribution in [0.15, 0.2) is 84.5 Å². The number of ether oxygens (including phenoxy) is 15. The fourth-order valence-electron chi connectivity index (χ4n) is 13.3. The molecule has 0 unspecified atom stereocenters. The van der Waals surface area contributed by atoms with E-state index in [2.05, 4.69) is 10.6 Å². The standard InChI is InChI=1S/C68H93F2N3O23/c1-65-16-13-50(75)43-55(65)56(69)44-54-53-45-59-68(58(77)47-74,66(53,2)46-57(76)67(54,65)70)96-64(95-59)48-3-7-51(8-4-48)94-52-9-5-49(6-10-52)72-61(79)15-19-82-21-23-84-25-27-86-29-31-88-33-35-90-37-39-92-41-42-93-40-38-91-36-34-89-32-30-87-28-26-85-24-22-83-20-17-71-60(78)14-18-73-62(80)11-12-63(73)81/h3-13,16,43,53-54,56-57,59,64,74,76H,14-15,17-42,44-47H2,1-2H3,(H,71,78)(H,72,79)/t53-,54-,56-,57-,59+,64+,65-,66-,67-,68+/m0/s1. The second kappa shape index (κ2) is 38.5.